The molecule has 4 aromatic carbocycles. The molecule has 49 heavy (non-hydrogen) atoms. The summed E-state index contributed by atoms with van der Waals surface area (Å²) in [5.74, 6) is 0. The molecule has 4 fully saturated rings. The van der Waals surface area contributed by atoms with Crippen LogP contribution in [-0.4, -0.2) is 93.5 Å². The normalized spacial score (nSPS) is 27.6. The molecule has 0 atom stereocenters. The Morgan fingerprint density at radius 2 is 0.551 bits per heavy atom. The van der Waals surface area contributed by atoms with Crippen LogP contribution in [0.15, 0.2) is 121 Å². The van der Waals surface area contributed by atoms with Gasteiger partial charge in [-0.05, 0) is 48.5 Å². The molecular formula is C36H44FeN6P4S2+4. The second-order valence-electron chi connectivity index (χ2n) is 12.3. The van der Waals surface area contributed by atoms with Gasteiger partial charge in [0.1, 0.15) is 50.3 Å². The maximum atomic E-state index is 7.13. The molecule has 0 aliphatic carbocycles. The monoisotopic (exact) mass is 804 g/mol. The largest absolute Gasteiger partial charge is 2.00 e. The quantitative estimate of drug-likeness (QED) is 0.105. The average Bonchev–Trinajstić information content (AvgIpc) is 3.13. The van der Waals surface area contributed by atoms with Gasteiger partial charge in [-0.1, -0.05) is 97.2 Å². The zero-order valence-electron chi connectivity index (χ0n) is 27.5. The molecule has 4 saturated heterocycles. The third-order valence-corrected chi connectivity index (χ3v) is 20.1. The van der Waals surface area contributed by atoms with E-state index in [4.69, 9.17) is 10.8 Å². The van der Waals surface area contributed by atoms with Crippen molar-refractivity contribution in [3.63, 3.8) is 0 Å². The van der Waals surface area contributed by atoms with E-state index in [1.54, 1.807) is 21.2 Å². The van der Waals surface area contributed by atoms with Crippen LogP contribution in [0.1, 0.15) is 0 Å². The topological polar surface area (TPSA) is 57.6 Å². The number of thiocarbonyl (C=S) groups is 2. The van der Waals surface area contributed by atoms with Crippen LogP contribution in [0.4, 0.5) is 0 Å². The van der Waals surface area contributed by atoms with E-state index in [9.17, 15) is 0 Å². The molecule has 6 nitrogen and oxygen atoms in total. The Hall–Kier alpha value is -1.44. The fraction of sp³-hybridized carbons (Fsp3) is 0.278. The van der Waals surface area contributed by atoms with E-state index in [1.165, 1.54) is 73.9 Å². The van der Waals surface area contributed by atoms with Gasteiger partial charge in [-0.25, -0.2) is 19.6 Å². The van der Waals surface area contributed by atoms with Crippen LogP contribution in [0.2, 0.25) is 0 Å². The molecule has 4 aromatic rings. The van der Waals surface area contributed by atoms with E-state index in [-0.39, 0.29) is 17.1 Å². The van der Waals surface area contributed by atoms with Crippen LogP contribution < -0.4 is 21.2 Å². The number of fused-ring (bicyclic) bond motifs is 4. The smallest absolute Gasteiger partial charge is 0.753 e. The number of hydrogen-bond acceptors (Lipinski definition) is 6. The molecule has 4 heterocycles. The summed E-state index contributed by atoms with van der Waals surface area (Å²) in [6, 6.07) is 44.8. The Bertz CT molecular complexity index is 1350. The Morgan fingerprint density at radius 1 is 0.388 bits per heavy atom. The van der Waals surface area contributed by atoms with Crippen LogP contribution in [0.5, 0.6) is 0 Å². The van der Waals surface area contributed by atoms with Gasteiger partial charge < -0.3 is 10.8 Å². The van der Waals surface area contributed by atoms with Crippen LogP contribution >= 0.6 is 56.1 Å². The van der Waals surface area contributed by atoms with Gasteiger partial charge in [-0.2, -0.15) is 10.3 Å². The minimum absolute atomic E-state index is 0. The predicted molar refractivity (Wildman–Crippen MR) is 226 cm³/mol. The van der Waals surface area contributed by atoms with E-state index < -0.39 is 31.7 Å². The third-order valence-electron chi connectivity index (χ3n) is 8.84. The van der Waals surface area contributed by atoms with Gasteiger partial charge >= 0.3 is 17.1 Å². The zero-order chi connectivity index (χ0) is 33.6. The maximum Gasteiger partial charge on any atom is 2.00 e. The van der Waals surface area contributed by atoms with Crippen molar-refractivity contribution in [2.45, 2.75) is 0 Å². The van der Waals surface area contributed by atoms with Crippen molar-refractivity contribution in [2.75, 3.05) is 63.6 Å². The predicted octanol–water partition coefficient (Wildman–Crippen LogP) is 6.28. The summed E-state index contributed by atoms with van der Waals surface area (Å²) in [7, 11) is -1.68. The van der Waals surface area contributed by atoms with Crippen molar-refractivity contribution in [3.05, 3.63) is 132 Å². The molecule has 0 radical (unpaired) electrons. The molecule has 0 saturated carbocycles. The molecule has 0 N–H and O–H groups in total. The van der Waals surface area contributed by atoms with Crippen molar-refractivity contribution in [1.29, 1.82) is 0 Å². The standard InChI is InChI=1S/2C17H20N2P2.2CNS.Fe/c2*1-3-7-16(8-4-1)20-12-18-11-19(13-20)15-21(14-18)17-9-5-2-6-10-17;2*2-1-3;/h2*1-10H,11-15H2;;;/q;;2*-1;+2/p+4. The van der Waals surface area contributed by atoms with E-state index in [2.05, 4.69) is 165 Å². The fourth-order valence-electron chi connectivity index (χ4n) is 6.97. The number of hydrogen-bond donors (Lipinski definition) is 0. The average molecular weight is 805 g/mol. The summed E-state index contributed by atoms with van der Waals surface area (Å²) in [5, 5.41) is 23.4. The summed E-state index contributed by atoms with van der Waals surface area (Å²) in [6.07, 6.45) is 10.6. The van der Waals surface area contributed by atoms with Crippen molar-refractivity contribution in [2.24, 2.45) is 0 Å². The maximum absolute atomic E-state index is 7.13. The zero-order valence-corrected chi connectivity index (χ0v) is 34.2. The summed E-state index contributed by atoms with van der Waals surface area (Å²) < 4.78 is 0. The van der Waals surface area contributed by atoms with Crippen LogP contribution in [0.3, 0.4) is 0 Å². The third kappa shape index (κ3) is 12.3. The molecule has 4 aliphatic heterocycles. The minimum atomic E-state index is -0.420. The van der Waals surface area contributed by atoms with E-state index in [0.29, 0.717) is 0 Å². The summed E-state index contributed by atoms with van der Waals surface area (Å²) in [5.41, 5.74) is 0. The Balaban J connectivity index is 0.000000187. The van der Waals surface area contributed by atoms with Crippen LogP contribution in [-0.2, 0) is 17.1 Å². The second kappa shape index (κ2) is 21.8. The van der Waals surface area contributed by atoms with E-state index in [0.717, 1.165) is 0 Å². The molecule has 8 rings (SSSR count). The second-order valence-corrected chi connectivity index (χ2v) is 22.3. The first-order valence-electron chi connectivity index (χ1n) is 16.1. The van der Waals surface area contributed by atoms with Crippen molar-refractivity contribution in [3.8, 4) is 0 Å². The molecule has 254 valence electrons. The van der Waals surface area contributed by atoms with E-state index in [1.807, 2.05) is 0 Å². The minimum Gasteiger partial charge on any atom is -0.753 e. The number of benzene rings is 4. The molecule has 0 amide bonds. The molecule has 4 bridgehead atoms. The van der Waals surface area contributed by atoms with Crippen LogP contribution in [0.25, 0.3) is 10.8 Å². The van der Waals surface area contributed by atoms with Gasteiger partial charge in [0, 0.05) is 0 Å². The number of isothiocyanates is 2. The van der Waals surface area contributed by atoms with Gasteiger partial charge in [0.2, 0.25) is 0 Å². The van der Waals surface area contributed by atoms with Gasteiger partial charge in [0.05, 0.1) is 66.2 Å². The van der Waals surface area contributed by atoms with Crippen molar-refractivity contribution in [1.82, 2.24) is 19.6 Å². The van der Waals surface area contributed by atoms with E-state index >= 15 is 0 Å². The summed E-state index contributed by atoms with van der Waals surface area (Å²) >= 11 is 7.40. The van der Waals surface area contributed by atoms with Gasteiger partial charge in [0.15, 0.2) is 0 Å². The van der Waals surface area contributed by atoms with Gasteiger partial charge in [-0.15, -0.1) is 0 Å². The van der Waals surface area contributed by atoms with Crippen molar-refractivity contribution < 1.29 is 17.1 Å². The summed E-state index contributed by atoms with van der Waals surface area (Å²) in [4.78, 5) is 10.9. The number of nitrogens with zero attached hydrogens (tertiary/aromatic N) is 6. The first-order chi connectivity index (χ1) is 23.6. The first kappa shape index (κ1) is 40.3. The SMILES string of the molecule is [Fe+2].[N-]=C=S.[N-]=C=S.c1ccc([PH+]2CN3CN(C2)C[PH+](c2ccccc2)C3)cc1.c1ccc([PH+]2CN3CN(C2)C[PH+](c2ccccc2)C3)cc1. The molecular weight excluding hydrogens is 760 g/mol. The fourth-order valence-corrected chi connectivity index (χ4v) is 18.4. The van der Waals surface area contributed by atoms with Crippen molar-refractivity contribution >= 4 is 87.7 Å². The Labute approximate surface area is 318 Å². The molecule has 0 spiro atoms. The molecule has 13 heteroatoms. The van der Waals surface area contributed by atoms with Crippen LogP contribution in [0, 0.1) is 0 Å². The molecule has 0 aromatic heterocycles. The Kier molecular flexibility index (Phi) is 18.0. The number of rotatable bonds is 4. The Morgan fingerprint density at radius 3 is 0.714 bits per heavy atom. The van der Waals surface area contributed by atoms with Gasteiger partial charge in [-0.3, -0.25) is 0 Å². The van der Waals surface area contributed by atoms with Gasteiger partial charge in [0.25, 0.3) is 0 Å². The molecule has 0 unspecified atom stereocenters. The molecule has 4 aliphatic rings. The summed E-state index contributed by atoms with van der Waals surface area (Å²) in [6.45, 7) is 2.39. The first-order valence-corrected chi connectivity index (χ1v) is 24.6.